The Morgan fingerprint density at radius 3 is 1.07 bits per heavy atom. The molecule has 2 saturated heterocycles. The molecule has 14 heavy (non-hydrogen) atoms. The van der Waals surface area contributed by atoms with Gasteiger partial charge in [0.15, 0.2) is 0 Å². The van der Waals surface area contributed by atoms with Crippen LogP contribution >= 0.6 is 0 Å². The molecule has 12 radical (unpaired) electrons. The van der Waals surface area contributed by atoms with Gasteiger partial charge in [-0.1, -0.05) is 0 Å². The number of epoxide rings is 2. The maximum Gasteiger partial charge on any atom is 0.103 e. The van der Waals surface area contributed by atoms with Crippen LogP contribution in [0.3, 0.4) is 0 Å². The van der Waals surface area contributed by atoms with E-state index in [0.29, 0.717) is 0 Å². The second kappa shape index (κ2) is 1.93. The fourth-order valence-electron chi connectivity index (χ4n) is 2.66. The summed E-state index contributed by atoms with van der Waals surface area (Å²) >= 11 is 0. The summed E-state index contributed by atoms with van der Waals surface area (Å²) in [6.45, 7) is 0. The van der Waals surface area contributed by atoms with Crippen LogP contribution in [0.1, 0.15) is 0 Å². The minimum Gasteiger partial charge on any atom is -0.384 e. The molecule has 0 amide bonds. The van der Waals surface area contributed by atoms with E-state index in [4.69, 9.17) is 56.6 Å². The Morgan fingerprint density at radius 2 is 0.929 bits per heavy atom. The summed E-state index contributed by atoms with van der Waals surface area (Å²) in [7, 11) is 34.0. The van der Waals surface area contributed by atoms with Crippen molar-refractivity contribution in [3.05, 3.63) is 0 Å². The first-order chi connectivity index (χ1) is 6.22. The van der Waals surface area contributed by atoms with Crippen molar-refractivity contribution in [2.45, 2.75) is 33.6 Å². The predicted octanol–water partition coefficient (Wildman–Crippen LogP) is -2.57. The third-order valence-electron chi connectivity index (χ3n) is 3.66. The molecular formula is C6H2B6O2. The second-order valence-electron chi connectivity index (χ2n) is 4.33. The molecule has 0 aromatic heterocycles. The molecule has 2 spiro atoms. The van der Waals surface area contributed by atoms with Gasteiger partial charge in [-0.2, -0.15) is 0 Å². The van der Waals surface area contributed by atoms with Crippen molar-refractivity contribution in [2.24, 2.45) is 0 Å². The summed E-state index contributed by atoms with van der Waals surface area (Å²) in [6, 6.07) is 0. The molecule has 0 aromatic rings. The molecule has 1 saturated carbocycles. The van der Waals surface area contributed by atoms with Crippen molar-refractivity contribution in [2.75, 3.05) is 0 Å². The molecule has 8 heteroatoms. The van der Waals surface area contributed by atoms with Crippen molar-refractivity contribution >= 4 is 47.1 Å². The zero-order valence-electron chi connectivity index (χ0n) is 7.44. The van der Waals surface area contributed by atoms with Gasteiger partial charge in [-0.3, -0.25) is 0 Å². The molecule has 3 fully saturated rings. The zero-order chi connectivity index (χ0) is 10.6. The van der Waals surface area contributed by atoms with Crippen molar-refractivity contribution in [1.82, 2.24) is 0 Å². The molecule has 0 bridgehead atoms. The Hall–Kier alpha value is 0.310. The highest BCUT2D eigenvalue weighted by Crippen LogP contribution is 2.81. The molecule has 3 rings (SSSR count). The van der Waals surface area contributed by atoms with Crippen LogP contribution in [0.15, 0.2) is 0 Å². The molecule has 2 nitrogen and oxygen atoms in total. The summed E-state index contributed by atoms with van der Waals surface area (Å²) < 4.78 is 10.3. The second-order valence-corrected chi connectivity index (χ2v) is 4.33. The summed E-state index contributed by atoms with van der Waals surface area (Å²) in [4.78, 5) is 0. The van der Waals surface area contributed by atoms with Gasteiger partial charge in [0, 0.05) is 10.8 Å². The highest BCUT2D eigenvalue weighted by molar-refractivity contribution is 6.48. The third kappa shape index (κ3) is 0.622. The topological polar surface area (TPSA) is 25.1 Å². The Bertz CT molecular complexity index is 288. The number of rotatable bonds is 0. The first-order valence-electron chi connectivity index (χ1n) is 4.29. The van der Waals surface area contributed by atoms with Gasteiger partial charge in [0.2, 0.25) is 0 Å². The van der Waals surface area contributed by atoms with Crippen LogP contribution in [-0.4, -0.2) is 69.1 Å². The molecule has 1 aliphatic carbocycles. The molecule has 2 heterocycles. The van der Waals surface area contributed by atoms with E-state index in [-0.39, 0.29) is 0 Å². The molecular weight excluding hydrogens is 169 g/mol. The van der Waals surface area contributed by atoms with Crippen molar-refractivity contribution in [3.63, 3.8) is 0 Å². The number of hydrogen-bond acceptors (Lipinski definition) is 2. The van der Waals surface area contributed by atoms with Gasteiger partial charge in [0.1, 0.15) is 31.4 Å². The van der Waals surface area contributed by atoms with Gasteiger partial charge in [-0.05, 0) is 11.6 Å². The Labute approximate surface area is 90.7 Å². The van der Waals surface area contributed by atoms with Crippen LogP contribution in [0.2, 0.25) is 11.6 Å². The molecule has 2 aliphatic heterocycles. The lowest BCUT2D eigenvalue weighted by Gasteiger charge is -2.51. The fourth-order valence-corrected chi connectivity index (χ4v) is 2.66. The van der Waals surface area contributed by atoms with E-state index >= 15 is 0 Å². The van der Waals surface area contributed by atoms with Crippen LogP contribution in [0.4, 0.5) is 0 Å². The van der Waals surface area contributed by atoms with E-state index in [9.17, 15) is 0 Å². The molecule has 0 unspecified atom stereocenters. The van der Waals surface area contributed by atoms with Crippen LogP contribution < -0.4 is 0 Å². The maximum absolute atomic E-state index is 5.85. The summed E-state index contributed by atoms with van der Waals surface area (Å²) in [6.07, 6.45) is 0. The van der Waals surface area contributed by atoms with Crippen molar-refractivity contribution in [3.8, 4) is 0 Å². The van der Waals surface area contributed by atoms with E-state index < -0.39 is 33.6 Å². The van der Waals surface area contributed by atoms with Gasteiger partial charge < -0.3 is 9.47 Å². The lowest BCUT2D eigenvalue weighted by atomic mass is 9.31. The van der Waals surface area contributed by atoms with E-state index in [0.717, 1.165) is 0 Å². The van der Waals surface area contributed by atoms with Crippen LogP contribution in [0.25, 0.3) is 0 Å². The van der Waals surface area contributed by atoms with E-state index in [1.807, 2.05) is 0 Å². The van der Waals surface area contributed by atoms with Gasteiger partial charge >= 0.3 is 0 Å². The van der Waals surface area contributed by atoms with E-state index in [2.05, 4.69) is 0 Å². The third-order valence-corrected chi connectivity index (χ3v) is 3.66. The largest absolute Gasteiger partial charge is 0.384 e. The summed E-state index contributed by atoms with van der Waals surface area (Å²) in [5.41, 5.74) is -1.87. The maximum atomic E-state index is 5.85. The minimum atomic E-state index is -1.29. The molecule has 0 N–H and O–H groups in total. The Balaban J connectivity index is 1.93. The van der Waals surface area contributed by atoms with Gasteiger partial charge in [0.25, 0.3) is 0 Å². The molecule has 56 valence electrons. The SMILES string of the molecule is [B]C1C2(OC2([B])[B])C([B])C12OC2([B])[B]. The van der Waals surface area contributed by atoms with Crippen molar-refractivity contribution in [1.29, 1.82) is 0 Å². The quantitative estimate of drug-likeness (QED) is 0.295. The first-order valence-corrected chi connectivity index (χ1v) is 4.29. The lowest BCUT2D eigenvalue weighted by molar-refractivity contribution is 0.0868. The van der Waals surface area contributed by atoms with Crippen LogP contribution in [-0.2, 0) is 9.47 Å². The minimum absolute atomic E-state index is 0.588. The average Bonchev–Trinajstić information content (AvgIpc) is 2.84. The first kappa shape index (κ1) is 9.53. The predicted molar refractivity (Wildman–Crippen MR) is 55.1 cm³/mol. The molecule has 0 aromatic carbocycles. The average molecular weight is 171 g/mol. The van der Waals surface area contributed by atoms with Gasteiger partial charge in [-0.25, -0.2) is 0 Å². The van der Waals surface area contributed by atoms with E-state index in [1.54, 1.807) is 0 Å². The normalized spacial score (nSPS) is 60.9. The zero-order valence-corrected chi connectivity index (χ0v) is 7.44. The number of ether oxygens (including phenoxy) is 2. The Morgan fingerprint density at radius 1 is 0.714 bits per heavy atom. The van der Waals surface area contributed by atoms with Gasteiger partial charge in [-0.15, -0.1) is 0 Å². The smallest absolute Gasteiger partial charge is 0.103 e. The molecule has 0 atom stereocenters. The standard InChI is InChI=1S/C6H2B6O2/c7-1-3(5(9,10)13-3)2(8)4(1)6(11,12)14-4/h1-2H. The van der Waals surface area contributed by atoms with E-state index in [1.165, 1.54) is 0 Å². The Kier molecular flexibility index (Phi) is 1.32. The summed E-state index contributed by atoms with van der Waals surface area (Å²) in [5, 5.41) is -2.59. The fraction of sp³-hybridized carbons (Fsp3) is 1.00. The highest BCUT2D eigenvalue weighted by Gasteiger charge is 2.89. The van der Waals surface area contributed by atoms with Crippen LogP contribution in [0, 0.1) is 0 Å². The lowest BCUT2D eigenvalue weighted by Crippen LogP contribution is -2.61. The monoisotopic (exact) mass is 172 g/mol. The number of hydrogen-bond donors (Lipinski definition) is 0. The van der Waals surface area contributed by atoms with Crippen molar-refractivity contribution < 1.29 is 9.47 Å². The molecule has 3 aliphatic rings. The highest BCUT2D eigenvalue weighted by atomic mass is 16.7. The van der Waals surface area contributed by atoms with Gasteiger partial charge in [0.05, 0.1) is 26.9 Å². The van der Waals surface area contributed by atoms with Crippen LogP contribution in [0.5, 0.6) is 0 Å². The summed E-state index contributed by atoms with van der Waals surface area (Å²) in [5.74, 6) is -1.18.